The van der Waals surface area contributed by atoms with Gasteiger partial charge in [-0.05, 0) is 70.3 Å². The standard InChI is InChI=1S/C23H35NO3/c1-5-9-21(20-14-12-19(17-25)13-15-20)24(22(26)27-23(2,3)4)16-18-10-7-6-8-11-18/h5-8,10-11,19-21,25H,1,9,12-17H2,2-4H3/t19?,20?,21-/m1/s1. The van der Waals surface area contributed by atoms with Crippen LogP contribution in [0.15, 0.2) is 43.0 Å². The molecule has 1 aromatic carbocycles. The largest absolute Gasteiger partial charge is 0.444 e. The Hall–Kier alpha value is -1.81. The lowest BCUT2D eigenvalue weighted by atomic mass is 9.77. The third kappa shape index (κ3) is 6.69. The van der Waals surface area contributed by atoms with Crippen LogP contribution in [0.5, 0.6) is 0 Å². The van der Waals surface area contributed by atoms with Gasteiger partial charge in [0.1, 0.15) is 5.60 Å². The molecule has 27 heavy (non-hydrogen) atoms. The Labute approximate surface area is 164 Å². The van der Waals surface area contributed by atoms with Gasteiger partial charge in [0.15, 0.2) is 0 Å². The molecule has 0 aromatic heterocycles. The molecule has 1 N–H and O–H groups in total. The maximum atomic E-state index is 13.1. The number of hydrogen-bond acceptors (Lipinski definition) is 3. The van der Waals surface area contributed by atoms with E-state index in [0.29, 0.717) is 18.4 Å². The van der Waals surface area contributed by atoms with Gasteiger partial charge in [0, 0.05) is 19.2 Å². The summed E-state index contributed by atoms with van der Waals surface area (Å²) in [6.07, 6.45) is 6.48. The quantitative estimate of drug-likeness (QED) is 0.671. The van der Waals surface area contributed by atoms with Crippen LogP contribution < -0.4 is 0 Å². The smallest absolute Gasteiger partial charge is 0.410 e. The number of ether oxygens (including phenoxy) is 1. The van der Waals surface area contributed by atoms with Gasteiger partial charge in [0.05, 0.1) is 0 Å². The van der Waals surface area contributed by atoms with Crippen molar-refractivity contribution in [1.82, 2.24) is 4.90 Å². The van der Waals surface area contributed by atoms with E-state index in [1.54, 1.807) is 0 Å². The lowest BCUT2D eigenvalue weighted by Crippen LogP contribution is -2.47. The number of benzene rings is 1. The molecule has 4 heteroatoms. The molecule has 1 fully saturated rings. The van der Waals surface area contributed by atoms with E-state index < -0.39 is 5.60 Å². The van der Waals surface area contributed by atoms with Crippen molar-refractivity contribution >= 4 is 6.09 Å². The van der Waals surface area contributed by atoms with Crippen LogP contribution in [-0.4, -0.2) is 34.3 Å². The molecule has 1 amide bonds. The molecule has 0 radical (unpaired) electrons. The molecule has 150 valence electrons. The number of rotatable bonds is 7. The Balaban J connectivity index is 2.23. The van der Waals surface area contributed by atoms with Gasteiger partial charge in [-0.25, -0.2) is 4.79 Å². The molecule has 0 unspecified atom stereocenters. The SMILES string of the molecule is C=CC[C@H](C1CCC(CO)CC1)N(Cc1ccccc1)C(=O)OC(C)(C)C. The van der Waals surface area contributed by atoms with E-state index in [1.807, 2.05) is 62.1 Å². The summed E-state index contributed by atoms with van der Waals surface area (Å²) in [4.78, 5) is 15.0. The Kier molecular flexibility index (Phi) is 7.91. The van der Waals surface area contributed by atoms with Crippen LogP contribution in [0.25, 0.3) is 0 Å². The van der Waals surface area contributed by atoms with E-state index in [0.717, 1.165) is 37.7 Å². The lowest BCUT2D eigenvalue weighted by Gasteiger charge is -2.40. The monoisotopic (exact) mass is 373 g/mol. The molecule has 1 aliphatic rings. The molecule has 0 heterocycles. The van der Waals surface area contributed by atoms with Gasteiger partial charge < -0.3 is 14.7 Å². The fraction of sp³-hybridized carbons (Fsp3) is 0.609. The van der Waals surface area contributed by atoms with Gasteiger partial charge in [0.2, 0.25) is 0 Å². The first-order chi connectivity index (χ1) is 12.8. The highest BCUT2D eigenvalue weighted by atomic mass is 16.6. The van der Waals surface area contributed by atoms with Gasteiger partial charge in [-0.15, -0.1) is 6.58 Å². The number of aliphatic hydroxyl groups is 1. The summed E-state index contributed by atoms with van der Waals surface area (Å²) < 4.78 is 5.75. The molecule has 0 aliphatic heterocycles. The summed E-state index contributed by atoms with van der Waals surface area (Å²) in [5.74, 6) is 0.803. The van der Waals surface area contributed by atoms with Gasteiger partial charge in [-0.1, -0.05) is 36.4 Å². The average Bonchev–Trinajstić information content (AvgIpc) is 2.64. The third-order valence-electron chi connectivity index (χ3n) is 5.33. The first-order valence-corrected chi connectivity index (χ1v) is 10.1. The minimum atomic E-state index is -0.528. The molecule has 0 bridgehead atoms. The van der Waals surface area contributed by atoms with Crippen LogP contribution in [0.4, 0.5) is 4.79 Å². The van der Waals surface area contributed by atoms with Crippen molar-refractivity contribution < 1.29 is 14.6 Å². The minimum absolute atomic E-state index is 0.0669. The van der Waals surface area contributed by atoms with Crippen molar-refractivity contribution in [3.8, 4) is 0 Å². The number of carbonyl (C=O) groups excluding carboxylic acids is 1. The second-order valence-corrected chi connectivity index (χ2v) is 8.65. The molecular weight excluding hydrogens is 338 g/mol. The van der Waals surface area contributed by atoms with Gasteiger partial charge >= 0.3 is 6.09 Å². The first-order valence-electron chi connectivity index (χ1n) is 10.1. The Morgan fingerprint density at radius 3 is 2.41 bits per heavy atom. The summed E-state index contributed by atoms with van der Waals surface area (Å²) >= 11 is 0. The molecule has 1 atom stereocenters. The molecule has 1 aliphatic carbocycles. The molecule has 1 saturated carbocycles. The van der Waals surface area contributed by atoms with Crippen molar-refractivity contribution in [1.29, 1.82) is 0 Å². The van der Waals surface area contributed by atoms with Crippen LogP contribution in [0, 0.1) is 11.8 Å². The maximum Gasteiger partial charge on any atom is 0.410 e. The number of carbonyl (C=O) groups is 1. The van der Waals surface area contributed by atoms with Crippen LogP contribution >= 0.6 is 0 Å². The minimum Gasteiger partial charge on any atom is -0.444 e. The fourth-order valence-corrected chi connectivity index (χ4v) is 3.92. The summed E-state index contributed by atoms with van der Waals surface area (Å²) in [7, 11) is 0. The first kappa shape index (κ1) is 21.5. The normalized spacial score (nSPS) is 21.3. The van der Waals surface area contributed by atoms with Crippen LogP contribution in [0.1, 0.15) is 58.4 Å². The van der Waals surface area contributed by atoms with E-state index >= 15 is 0 Å². The Bertz CT molecular complexity index is 585. The van der Waals surface area contributed by atoms with E-state index in [2.05, 4.69) is 6.58 Å². The number of aliphatic hydroxyl groups excluding tert-OH is 1. The fourth-order valence-electron chi connectivity index (χ4n) is 3.92. The van der Waals surface area contributed by atoms with Crippen LogP contribution in [0.2, 0.25) is 0 Å². The van der Waals surface area contributed by atoms with E-state index in [9.17, 15) is 9.90 Å². The number of nitrogens with zero attached hydrogens (tertiary/aromatic N) is 1. The summed E-state index contributed by atoms with van der Waals surface area (Å²) in [5.41, 5.74) is 0.570. The lowest BCUT2D eigenvalue weighted by molar-refractivity contribution is 0.00239. The second kappa shape index (κ2) is 9.93. The van der Waals surface area contributed by atoms with Crippen LogP contribution in [-0.2, 0) is 11.3 Å². The van der Waals surface area contributed by atoms with Crippen molar-refractivity contribution in [3.05, 3.63) is 48.6 Å². The number of hydrogen-bond donors (Lipinski definition) is 1. The summed E-state index contributed by atoms with van der Waals surface area (Å²) in [6.45, 7) is 10.4. The van der Waals surface area contributed by atoms with Crippen molar-refractivity contribution in [3.63, 3.8) is 0 Å². The highest BCUT2D eigenvalue weighted by molar-refractivity contribution is 5.68. The van der Waals surface area contributed by atoms with Crippen molar-refractivity contribution in [2.24, 2.45) is 11.8 Å². The highest BCUT2D eigenvalue weighted by Gasteiger charge is 2.35. The predicted molar refractivity (Wildman–Crippen MR) is 109 cm³/mol. The third-order valence-corrected chi connectivity index (χ3v) is 5.33. The second-order valence-electron chi connectivity index (χ2n) is 8.65. The van der Waals surface area contributed by atoms with Crippen LogP contribution in [0.3, 0.4) is 0 Å². The Morgan fingerprint density at radius 2 is 1.89 bits per heavy atom. The number of amides is 1. The van der Waals surface area contributed by atoms with Crippen molar-refractivity contribution in [2.45, 2.75) is 71.1 Å². The summed E-state index contributed by atoms with van der Waals surface area (Å²) in [6, 6.07) is 10.1. The molecule has 0 spiro atoms. The zero-order chi connectivity index (χ0) is 19.9. The van der Waals surface area contributed by atoms with Gasteiger partial charge in [0.25, 0.3) is 0 Å². The summed E-state index contributed by atoms with van der Waals surface area (Å²) in [5, 5.41) is 9.44. The Morgan fingerprint density at radius 1 is 1.26 bits per heavy atom. The van der Waals surface area contributed by atoms with Crippen molar-refractivity contribution in [2.75, 3.05) is 6.61 Å². The van der Waals surface area contributed by atoms with E-state index in [4.69, 9.17) is 4.74 Å². The molecule has 1 aromatic rings. The average molecular weight is 374 g/mol. The van der Waals surface area contributed by atoms with Gasteiger partial charge in [-0.2, -0.15) is 0 Å². The topological polar surface area (TPSA) is 49.8 Å². The zero-order valence-corrected chi connectivity index (χ0v) is 17.1. The predicted octanol–water partition coefficient (Wildman–Crippen LogP) is 5.17. The zero-order valence-electron chi connectivity index (χ0n) is 17.1. The van der Waals surface area contributed by atoms with Gasteiger partial charge in [-0.3, -0.25) is 0 Å². The molecule has 4 nitrogen and oxygen atoms in total. The molecule has 2 rings (SSSR count). The molecule has 0 saturated heterocycles. The van der Waals surface area contributed by atoms with E-state index in [1.165, 1.54) is 0 Å². The van der Waals surface area contributed by atoms with E-state index in [-0.39, 0.29) is 18.7 Å². The molecular formula is C23H35NO3. The highest BCUT2D eigenvalue weighted by Crippen LogP contribution is 2.35. The maximum absolute atomic E-state index is 13.1.